The van der Waals surface area contributed by atoms with E-state index in [0.717, 1.165) is 0 Å². The van der Waals surface area contributed by atoms with Crippen molar-refractivity contribution in [2.75, 3.05) is 31.1 Å². The predicted molar refractivity (Wildman–Crippen MR) is 88.7 cm³/mol. The van der Waals surface area contributed by atoms with Gasteiger partial charge in [0.25, 0.3) is 5.91 Å². The molecular weight excluding hydrogens is 353 g/mol. The minimum absolute atomic E-state index is 0.0189. The Labute approximate surface area is 144 Å². The Morgan fingerprint density at radius 2 is 2.20 bits per heavy atom. The molecule has 10 heteroatoms. The summed E-state index contributed by atoms with van der Waals surface area (Å²) < 4.78 is 46.2. The summed E-state index contributed by atoms with van der Waals surface area (Å²) in [6, 6.07) is 2.62. The largest absolute Gasteiger partial charge is 0.506 e. The second-order valence-electron chi connectivity index (χ2n) is 5.79. The van der Waals surface area contributed by atoms with Crippen LogP contribution in [0.1, 0.15) is 12.0 Å². The third-order valence-corrected chi connectivity index (χ3v) is 5.48. The number of halogens is 1. The molecule has 1 atom stereocenters. The molecule has 0 saturated carbocycles. The number of nitrogens with one attached hydrogen (secondary N) is 2. The van der Waals surface area contributed by atoms with Gasteiger partial charge in [-0.25, -0.2) is 13.4 Å². The third kappa shape index (κ3) is 3.32. The first-order valence-electron chi connectivity index (χ1n) is 7.61. The van der Waals surface area contributed by atoms with E-state index < -0.39 is 39.9 Å². The summed E-state index contributed by atoms with van der Waals surface area (Å²) in [6.45, 7) is 0.369. The molecule has 2 aliphatic heterocycles. The van der Waals surface area contributed by atoms with E-state index in [1.54, 1.807) is 11.8 Å². The van der Waals surface area contributed by atoms with E-state index in [9.17, 15) is 22.7 Å². The number of phenols is 1. The third-order valence-electron chi connectivity index (χ3n) is 4.10. The van der Waals surface area contributed by atoms with Crippen LogP contribution in [0, 0.1) is 5.82 Å². The molecular formula is C15H18FN3O5S. The van der Waals surface area contributed by atoms with Crippen molar-refractivity contribution in [3.05, 3.63) is 29.6 Å². The highest BCUT2D eigenvalue weighted by atomic mass is 32.2. The molecule has 2 aliphatic rings. The Balaban J connectivity index is 1.98. The average molecular weight is 371 g/mol. The fourth-order valence-electron chi connectivity index (χ4n) is 2.90. The molecule has 0 radical (unpaired) electrons. The highest BCUT2D eigenvalue weighted by molar-refractivity contribution is 7.92. The molecule has 0 spiro atoms. The molecule has 25 heavy (non-hydrogen) atoms. The number of rotatable bonds is 5. The van der Waals surface area contributed by atoms with Crippen LogP contribution >= 0.6 is 0 Å². The Kier molecular flexibility index (Phi) is 4.67. The smallest absolute Gasteiger partial charge is 0.326 e. The Hall–Kier alpha value is -2.17. The average Bonchev–Trinajstić information content (AvgIpc) is 3.09. The SMILES string of the molecule is COCCC1C=C(c2ccc(O)c(N3CC(=O)NS3(=O)=O)c2F)CN1. The van der Waals surface area contributed by atoms with Gasteiger partial charge in [-0.1, -0.05) is 6.08 Å². The van der Waals surface area contributed by atoms with Gasteiger partial charge >= 0.3 is 10.2 Å². The molecule has 0 aliphatic carbocycles. The van der Waals surface area contributed by atoms with E-state index >= 15 is 0 Å². The van der Waals surface area contributed by atoms with Gasteiger partial charge in [0.15, 0.2) is 5.82 Å². The summed E-state index contributed by atoms with van der Waals surface area (Å²) >= 11 is 0. The standard InChI is InChI=1S/C15H18FN3O5S/c1-24-5-4-10-6-9(7-17-10)11-2-3-12(20)15(14(11)16)19-8-13(21)18-25(19,22)23/h2-3,6,10,17,20H,4-5,7-8H2,1H3,(H,18,21). The topological polar surface area (TPSA) is 108 Å². The van der Waals surface area contributed by atoms with Crippen LogP contribution in [0.5, 0.6) is 5.75 Å². The Bertz CT molecular complexity index is 840. The van der Waals surface area contributed by atoms with Gasteiger partial charge in [-0.3, -0.25) is 4.79 Å². The molecule has 136 valence electrons. The number of ether oxygens (including phenoxy) is 1. The lowest BCUT2D eigenvalue weighted by molar-refractivity contribution is -0.117. The first kappa shape index (κ1) is 17.6. The highest BCUT2D eigenvalue weighted by Gasteiger charge is 2.38. The van der Waals surface area contributed by atoms with E-state index in [2.05, 4.69) is 5.32 Å². The molecule has 1 aromatic rings. The number of carbonyl (C=O) groups is 1. The van der Waals surface area contributed by atoms with Gasteiger partial charge in [-0.15, -0.1) is 0 Å². The summed E-state index contributed by atoms with van der Waals surface area (Å²) in [5.74, 6) is -2.23. The number of carbonyl (C=O) groups excluding carboxylic acids is 1. The summed E-state index contributed by atoms with van der Waals surface area (Å²) in [5, 5.41) is 13.2. The van der Waals surface area contributed by atoms with Crippen molar-refractivity contribution in [2.45, 2.75) is 12.5 Å². The van der Waals surface area contributed by atoms with Crippen LogP contribution in [0.15, 0.2) is 18.2 Å². The highest BCUT2D eigenvalue weighted by Crippen LogP contribution is 2.37. The Morgan fingerprint density at radius 3 is 2.84 bits per heavy atom. The number of hydrogen-bond acceptors (Lipinski definition) is 6. The van der Waals surface area contributed by atoms with Gasteiger partial charge in [0.2, 0.25) is 0 Å². The molecule has 8 nitrogen and oxygen atoms in total. The normalized spacial score (nSPS) is 22.2. The van der Waals surface area contributed by atoms with Gasteiger partial charge in [0.05, 0.1) is 0 Å². The summed E-state index contributed by atoms with van der Waals surface area (Å²) in [7, 11) is -2.62. The van der Waals surface area contributed by atoms with Gasteiger partial charge in [-0.05, 0) is 24.1 Å². The second kappa shape index (κ2) is 6.62. The number of anilines is 1. The maximum Gasteiger partial charge on any atom is 0.326 e. The van der Waals surface area contributed by atoms with Crippen molar-refractivity contribution >= 4 is 27.4 Å². The van der Waals surface area contributed by atoms with Gasteiger partial charge in [-0.2, -0.15) is 8.42 Å². The molecule has 0 aromatic heterocycles. The van der Waals surface area contributed by atoms with Crippen LogP contribution in [-0.2, 0) is 19.7 Å². The lowest BCUT2D eigenvalue weighted by Gasteiger charge is -2.18. The summed E-state index contributed by atoms with van der Waals surface area (Å²) in [6.07, 6.45) is 2.56. The first-order valence-corrected chi connectivity index (χ1v) is 9.05. The minimum Gasteiger partial charge on any atom is -0.506 e. The zero-order valence-corrected chi connectivity index (χ0v) is 14.3. The number of benzene rings is 1. The zero-order chi connectivity index (χ0) is 18.2. The van der Waals surface area contributed by atoms with Crippen LogP contribution in [0.25, 0.3) is 5.57 Å². The monoisotopic (exact) mass is 371 g/mol. The summed E-state index contributed by atoms with van der Waals surface area (Å²) in [4.78, 5) is 11.4. The van der Waals surface area contributed by atoms with Gasteiger partial charge < -0.3 is 15.2 Å². The number of hydrogen-bond donors (Lipinski definition) is 3. The van der Waals surface area contributed by atoms with Crippen LogP contribution in [0.4, 0.5) is 10.1 Å². The molecule has 3 rings (SSSR count). The van der Waals surface area contributed by atoms with Gasteiger partial charge in [0.1, 0.15) is 18.0 Å². The van der Waals surface area contributed by atoms with E-state index in [0.29, 0.717) is 29.5 Å². The lowest BCUT2D eigenvalue weighted by atomic mass is 10.0. The molecule has 1 fully saturated rings. The molecule has 1 saturated heterocycles. The van der Waals surface area contributed by atoms with Crippen molar-refractivity contribution < 1.29 is 27.4 Å². The van der Waals surface area contributed by atoms with E-state index in [4.69, 9.17) is 4.74 Å². The van der Waals surface area contributed by atoms with Crippen molar-refractivity contribution in [2.24, 2.45) is 0 Å². The number of phenolic OH excluding ortho intramolecular Hbond substituents is 1. The molecule has 1 amide bonds. The lowest BCUT2D eigenvalue weighted by Crippen LogP contribution is -2.30. The van der Waals surface area contributed by atoms with E-state index in [1.807, 2.05) is 6.08 Å². The summed E-state index contributed by atoms with van der Waals surface area (Å²) in [5.41, 5.74) is 0.294. The number of methoxy groups -OCH3 is 1. The van der Waals surface area contributed by atoms with Crippen molar-refractivity contribution in [3.63, 3.8) is 0 Å². The van der Waals surface area contributed by atoms with Crippen LogP contribution < -0.4 is 14.3 Å². The van der Waals surface area contributed by atoms with Crippen molar-refractivity contribution in [1.29, 1.82) is 0 Å². The zero-order valence-electron chi connectivity index (χ0n) is 13.5. The predicted octanol–water partition coefficient (Wildman–Crippen LogP) is 0.104. The van der Waals surface area contributed by atoms with Gasteiger partial charge in [0, 0.05) is 31.9 Å². The Morgan fingerprint density at radius 1 is 1.44 bits per heavy atom. The van der Waals surface area contributed by atoms with E-state index in [1.165, 1.54) is 12.1 Å². The maximum absolute atomic E-state index is 15.0. The first-order chi connectivity index (χ1) is 11.8. The second-order valence-corrected chi connectivity index (χ2v) is 7.39. The quantitative estimate of drug-likeness (QED) is 0.678. The number of nitrogens with zero attached hydrogens (tertiary/aromatic N) is 1. The van der Waals surface area contributed by atoms with Crippen molar-refractivity contribution in [3.8, 4) is 5.75 Å². The number of amides is 1. The minimum atomic E-state index is -4.22. The number of aromatic hydroxyl groups is 1. The molecule has 3 N–H and O–H groups in total. The van der Waals surface area contributed by atoms with Crippen LogP contribution in [0.2, 0.25) is 0 Å². The molecule has 2 heterocycles. The van der Waals surface area contributed by atoms with Crippen LogP contribution in [-0.4, -0.2) is 52.3 Å². The molecule has 1 unspecified atom stereocenters. The van der Waals surface area contributed by atoms with Crippen LogP contribution in [0.3, 0.4) is 0 Å². The van der Waals surface area contributed by atoms with Crippen molar-refractivity contribution in [1.82, 2.24) is 10.0 Å². The van der Waals surface area contributed by atoms with E-state index in [-0.39, 0.29) is 11.6 Å². The fraction of sp³-hybridized carbons (Fsp3) is 0.400. The molecule has 0 bridgehead atoms. The molecule has 1 aromatic carbocycles. The maximum atomic E-state index is 15.0. The fourth-order valence-corrected chi connectivity index (χ4v) is 4.07.